The molecule has 168 valence electrons. The number of aliphatic hydroxyl groups excluding tert-OH is 4. The van der Waals surface area contributed by atoms with Crippen molar-refractivity contribution < 1.29 is 54.1 Å². The lowest BCUT2D eigenvalue weighted by Crippen LogP contribution is -2.63. The van der Waals surface area contributed by atoms with Crippen molar-refractivity contribution in [2.45, 2.75) is 81.4 Å². The van der Waals surface area contributed by atoms with Gasteiger partial charge in [-0.15, -0.1) is 0 Å². The van der Waals surface area contributed by atoms with Crippen molar-refractivity contribution in [3.8, 4) is 0 Å². The van der Waals surface area contributed by atoms with Crippen LogP contribution in [0.1, 0.15) is 20.3 Å². The van der Waals surface area contributed by atoms with Crippen molar-refractivity contribution in [1.82, 2.24) is 5.32 Å². The van der Waals surface area contributed by atoms with Crippen LogP contribution in [0, 0.1) is 0 Å². The van der Waals surface area contributed by atoms with Crippen LogP contribution in [-0.2, 0) is 28.5 Å². The Morgan fingerprint density at radius 3 is 2.31 bits per heavy atom. The van der Waals surface area contributed by atoms with Gasteiger partial charge in [-0.1, -0.05) is 0 Å². The molecule has 0 radical (unpaired) electrons. The smallest absolute Gasteiger partial charge is 0.335 e. The molecule has 2 saturated heterocycles. The minimum Gasteiger partial charge on any atom is -0.479 e. The summed E-state index contributed by atoms with van der Waals surface area (Å²) >= 11 is 0. The van der Waals surface area contributed by atoms with Gasteiger partial charge >= 0.3 is 5.97 Å². The van der Waals surface area contributed by atoms with Gasteiger partial charge in [0.2, 0.25) is 5.91 Å². The third kappa shape index (κ3) is 5.41. The molecule has 0 spiro atoms. The maximum absolute atomic E-state index is 11.6. The standard InChI is InChI=1S/C17H29NO11/c1-6-10(18-7(2)20)13(9(21)4-8(5-19)27-6)28-17-12(23)11(22)14(26-3)15(29-17)16(24)25/h6,8-15,17,19,21-23H,4-5H2,1-3H3,(H,18,20)(H,24,25)/t6?,8?,9-,10?,11-,12?,13+,14+,15?,17-/m1/s1. The Balaban J connectivity index is 2.28. The van der Waals surface area contributed by atoms with E-state index in [1.165, 1.54) is 6.92 Å². The SMILES string of the molecule is CO[C@@H]1C(C(=O)O)O[C@@H](O[C@@H]2C(NC(C)=O)C(C)OC(CO)C[C@H]2O)C(O)[C@H]1O. The van der Waals surface area contributed by atoms with Crippen LogP contribution in [0.3, 0.4) is 0 Å². The Kier molecular flexibility index (Phi) is 8.31. The fraction of sp³-hybridized carbons (Fsp3) is 0.882. The lowest BCUT2D eigenvalue weighted by atomic mass is 9.96. The second kappa shape index (κ2) is 10.1. The molecular weight excluding hydrogens is 394 g/mol. The van der Waals surface area contributed by atoms with Crippen LogP contribution in [0.15, 0.2) is 0 Å². The summed E-state index contributed by atoms with van der Waals surface area (Å²) in [6.07, 6.45) is -11.9. The largest absolute Gasteiger partial charge is 0.479 e. The first-order valence-corrected chi connectivity index (χ1v) is 9.24. The first-order chi connectivity index (χ1) is 13.6. The van der Waals surface area contributed by atoms with Gasteiger partial charge in [-0.25, -0.2) is 4.79 Å². The van der Waals surface area contributed by atoms with Gasteiger partial charge in [-0.3, -0.25) is 4.79 Å². The van der Waals surface area contributed by atoms with Crippen molar-refractivity contribution in [1.29, 1.82) is 0 Å². The van der Waals surface area contributed by atoms with Gasteiger partial charge < -0.3 is 49.8 Å². The first-order valence-electron chi connectivity index (χ1n) is 9.24. The number of carboxylic acid groups (broad SMARTS) is 1. The Morgan fingerprint density at radius 1 is 1.14 bits per heavy atom. The summed E-state index contributed by atoms with van der Waals surface area (Å²) in [7, 11) is 1.16. The van der Waals surface area contributed by atoms with E-state index in [1.807, 2.05) is 0 Å². The summed E-state index contributed by atoms with van der Waals surface area (Å²) in [4.78, 5) is 23.1. The Hall–Kier alpha value is -1.38. The van der Waals surface area contributed by atoms with Gasteiger partial charge in [0.1, 0.15) is 24.4 Å². The summed E-state index contributed by atoms with van der Waals surface area (Å²) in [6.45, 7) is 2.48. The zero-order valence-electron chi connectivity index (χ0n) is 16.4. The highest BCUT2D eigenvalue weighted by Gasteiger charge is 2.51. The molecule has 0 saturated carbocycles. The molecule has 0 bridgehead atoms. The first kappa shape index (κ1) is 23.9. The average molecular weight is 423 g/mol. The predicted molar refractivity (Wildman–Crippen MR) is 93.6 cm³/mol. The number of hydrogen-bond acceptors (Lipinski definition) is 10. The Bertz CT molecular complexity index is 576. The van der Waals surface area contributed by atoms with Crippen molar-refractivity contribution in [2.24, 2.45) is 0 Å². The summed E-state index contributed by atoms with van der Waals surface area (Å²) in [5.41, 5.74) is 0. The molecule has 2 heterocycles. The van der Waals surface area contributed by atoms with E-state index in [0.717, 1.165) is 7.11 Å². The molecule has 6 N–H and O–H groups in total. The number of amides is 1. The number of ether oxygens (including phenoxy) is 4. The second-order valence-corrected chi connectivity index (χ2v) is 7.22. The normalized spacial score (nSPS) is 43.4. The second-order valence-electron chi connectivity index (χ2n) is 7.22. The maximum Gasteiger partial charge on any atom is 0.335 e. The van der Waals surface area contributed by atoms with Crippen molar-refractivity contribution >= 4 is 11.9 Å². The number of carboxylic acids is 1. The number of aliphatic carboxylic acids is 1. The quantitative estimate of drug-likeness (QED) is 0.255. The molecule has 0 aliphatic carbocycles. The monoisotopic (exact) mass is 423 g/mol. The van der Waals surface area contributed by atoms with Crippen molar-refractivity contribution in [2.75, 3.05) is 13.7 Å². The highest BCUT2D eigenvalue weighted by atomic mass is 16.7. The third-order valence-corrected chi connectivity index (χ3v) is 5.08. The molecule has 0 aromatic heterocycles. The number of methoxy groups -OCH3 is 1. The van der Waals surface area contributed by atoms with Gasteiger partial charge in [0.05, 0.1) is 31.0 Å². The van der Waals surface area contributed by atoms with E-state index in [2.05, 4.69) is 5.32 Å². The summed E-state index contributed by atoms with van der Waals surface area (Å²) in [5, 5.41) is 52.5. The van der Waals surface area contributed by atoms with E-state index >= 15 is 0 Å². The molecule has 1 amide bonds. The van der Waals surface area contributed by atoms with Gasteiger partial charge in [-0.2, -0.15) is 0 Å². The molecule has 2 aliphatic rings. The highest BCUT2D eigenvalue weighted by molar-refractivity contribution is 5.73. The Labute approximate surface area is 167 Å². The van der Waals surface area contributed by atoms with E-state index in [-0.39, 0.29) is 13.0 Å². The molecule has 5 unspecified atom stereocenters. The fourth-order valence-electron chi connectivity index (χ4n) is 3.65. The maximum atomic E-state index is 11.6. The van der Waals surface area contributed by atoms with Gasteiger partial charge in [-0.05, 0) is 6.92 Å². The molecule has 29 heavy (non-hydrogen) atoms. The number of nitrogens with one attached hydrogen (secondary N) is 1. The molecule has 12 nitrogen and oxygen atoms in total. The summed E-state index contributed by atoms with van der Waals surface area (Å²) in [5.74, 6) is -1.88. The molecule has 2 rings (SSSR count). The average Bonchev–Trinajstić information content (AvgIpc) is 2.75. The number of hydrogen-bond donors (Lipinski definition) is 6. The zero-order valence-corrected chi connectivity index (χ0v) is 16.4. The number of carbonyl (C=O) groups is 2. The van der Waals surface area contributed by atoms with Gasteiger partial charge in [0.15, 0.2) is 12.4 Å². The molecule has 10 atom stereocenters. The highest BCUT2D eigenvalue weighted by Crippen LogP contribution is 2.29. The van der Waals surface area contributed by atoms with E-state index in [9.17, 15) is 35.1 Å². The molecule has 2 fully saturated rings. The minimum atomic E-state index is -1.69. The lowest BCUT2D eigenvalue weighted by molar-refractivity contribution is -0.315. The lowest BCUT2D eigenvalue weighted by Gasteiger charge is -2.42. The Morgan fingerprint density at radius 2 is 1.79 bits per heavy atom. The van der Waals surface area contributed by atoms with Crippen LogP contribution >= 0.6 is 0 Å². The van der Waals surface area contributed by atoms with E-state index in [4.69, 9.17) is 18.9 Å². The van der Waals surface area contributed by atoms with Crippen molar-refractivity contribution in [3.63, 3.8) is 0 Å². The molecule has 0 aromatic rings. The zero-order chi connectivity index (χ0) is 21.9. The summed E-state index contributed by atoms with van der Waals surface area (Å²) in [6, 6.07) is -0.907. The molecule has 12 heteroatoms. The number of carbonyl (C=O) groups excluding carboxylic acids is 1. The number of rotatable bonds is 6. The van der Waals surface area contributed by atoms with Gasteiger partial charge in [0.25, 0.3) is 0 Å². The summed E-state index contributed by atoms with van der Waals surface area (Å²) < 4.78 is 21.5. The van der Waals surface area contributed by atoms with Crippen molar-refractivity contribution in [3.05, 3.63) is 0 Å². The number of aliphatic hydroxyl groups is 4. The molecule has 0 aromatic carbocycles. The van der Waals surface area contributed by atoms with E-state index < -0.39 is 73.0 Å². The minimum absolute atomic E-state index is 0.0456. The van der Waals surface area contributed by atoms with E-state index in [1.54, 1.807) is 6.92 Å². The third-order valence-electron chi connectivity index (χ3n) is 5.08. The van der Waals surface area contributed by atoms with Crippen LogP contribution in [0.5, 0.6) is 0 Å². The van der Waals surface area contributed by atoms with Crippen LogP contribution < -0.4 is 5.32 Å². The topological polar surface area (TPSA) is 184 Å². The van der Waals surface area contributed by atoms with Gasteiger partial charge in [0, 0.05) is 20.5 Å². The van der Waals surface area contributed by atoms with E-state index in [0.29, 0.717) is 0 Å². The van der Waals surface area contributed by atoms with Crippen LogP contribution in [0.2, 0.25) is 0 Å². The molecular formula is C17H29NO11. The molecule has 2 aliphatic heterocycles. The van der Waals surface area contributed by atoms with Crippen LogP contribution in [-0.4, -0.2) is 112 Å². The van der Waals surface area contributed by atoms with Crippen LogP contribution in [0.25, 0.3) is 0 Å². The predicted octanol–water partition coefficient (Wildman–Crippen LogP) is -3.05. The van der Waals surface area contributed by atoms with Crippen LogP contribution in [0.4, 0.5) is 0 Å². The fourth-order valence-corrected chi connectivity index (χ4v) is 3.65.